The average molecular weight is 319 g/mol. The zero-order valence-corrected chi connectivity index (χ0v) is 12.7. The van der Waals surface area contributed by atoms with Gasteiger partial charge in [0.15, 0.2) is 0 Å². The Morgan fingerprint density at radius 3 is 2.48 bits per heavy atom. The summed E-state index contributed by atoms with van der Waals surface area (Å²) >= 11 is 0. The minimum absolute atomic E-state index is 0.0456. The number of aliphatic hydroxyl groups is 1. The standard InChI is InChI=1S/C16H17NO6/c1-22-15(20)12-8-6-10(18)17-9-5-3-4-7(11(8)9)14(19)13(12)16(21)23-2/h3-5,8,12-14,19H,6H2,1-2H3,(H,17,18)/t8-,12+,13-,14+/m1/s1. The van der Waals surface area contributed by atoms with E-state index in [1.165, 1.54) is 14.2 Å². The number of carbonyl (C=O) groups is 3. The van der Waals surface area contributed by atoms with Crippen molar-refractivity contribution in [2.75, 3.05) is 19.5 Å². The summed E-state index contributed by atoms with van der Waals surface area (Å²) in [7, 11) is 2.41. The first-order chi connectivity index (χ1) is 11.0. The number of ether oxygens (including phenoxy) is 2. The quantitative estimate of drug-likeness (QED) is 0.780. The van der Waals surface area contributed by atoms with E-state index in [9.17, 15) is 19.5 Å². The van der Waals surface area contributed by atoms with E-state index in [0.29, 0.717) is 16.8 Å². The van der Waals surface area contributed by atoms with Crippen LogP contribution in [-0.4, -0.2) is 37.2 Å². The maximum atomic E-state index is 12.3. The van der Waals surface area contributed by atoms with E-state index in [1.54, 1.807) is 18.2 Å². The maximum absolute atomic E-state index is 12.3. The van der Waals surface area contributed by atoms with Crippen molar-refractivity contribution in [3.8, 4) is 0 Å². The smallest absolute Gasteiger partial charge is 0.312 e. The molecular weight excluding hydrogens is 302 g/mol. The minimum atomic E-state index is -1.20. The summed E-state index contributed by atoms with van der Waals surface area (Å²) in [5, 5.41) is 13.4. The van der Waals surface area contributed by atoms with E-state index >= 15 is 0 Å². The molecule has 7 nitrogen and oxygen atoms in total. The van der Waals surface area contributed by atoms with Crippen LogP contribution in [0.4, 0.5) is 5.69 Å². The zero-order chi connectivity index (χ0) is 16.7. The van der Waals surface area contributed by atoms with Crippen LogP contribution in [0.1, 0.15) is 29.6 Å². The Labute approximate surface area is 132 Å². The molecule has 7 heteroatoms. The molecule has 0 saturated carbocycles. The van der Waals surface area contributed by atoms with E-state index < -0.39 is 35.8 Å². The van der Waals surface area contributed by atoms with Crippen LogP contribution < -0.4 is 5.32 Å². The first-order valence-electron chi connectivity index (χ1n) is 7.26. The second-order valence-corrected chi connectivity index (χ2v) is 5.71. The van der Waals surface area contributed by atoms with Crippen molar-refractivity contribution < 1.29 is 29.0 Å². The molecule has 122 valence electrons. The van der Waals surface area contributed by atoms with Gasteiger partial charge in [0.2, 0.25) is 5.91 Å². The third-order valence-corrected chi connectivity index (χ3v) is 4.62. The third kappa shape index (κ3) is 2.28. The molecule has 2 N–H and O–H groups in total. The molecule has 0 radical (unpaired) electrons. The molecule has 1 amide bonds. The number of amides is 1. The van der Waals surface area contributed by atoms with Gasteiger partial charge in [-0.15, -0.1) is 0 Å². The van der Waals surface area contributed by atoms with Gasteiger partial charge in [-0.3, -0.25) is 14.4 Å². The largest absolute Gasteiger partial charge is 0.469 e. The predicted molar refractivity (Wildman–Crippen MR) is 78.4 cm³/mol. The summed E-state index contributed by atoms with van der Waals surface area (Å²) in [5.41, 5.74) is 1.78. The van der Waals surface area contributed by atoms with E-state index in [1.807, 2.05) is 0 Å². The van der Waals surface area contributed by atoms with Crippen molar-refractivity contribution in [1.82, 2.24) is 0 Å². The van der Waals surface area contributed by atoms with Crippen molar-refractivity contribution in [3.63, 3.8) is 0 Å². The summed E-state index contributed by atoms with van der Waals surface area (Å²) in [5.74, 6) is -4.19. The highest BCUT2D eigenvalue weighted by molar-refractivity contribution is 5.97. The minimum Gasteiger partial charge on any atom is -0.469 e. The fraction of sp³-hybridized carbons (Fsp3) is 0.438. The van der Waals surface area contributed by atoms with E-state index in [4.69, 9.17) is 9.47 Å². The van der Waals surface area contributed by atoms with Gasteiger partial charge < -0.3 is 19.9 Å². The molecule has 1 aliphatic heterocycles. The van der Waals surface area contributed by atoms with E-state index in [2.05, 4.69) is 5.32 Å². The van der Waals surface area contributed by atoms with Gasteiger partial charge in [-0.1, -0.05) is 12.1 Å². The second-order valence-electron chi connectivity index (χ2n) is 5.71. The molecule has 1 aliphatic carbocycles. The van der Waals surface area contributed by atoms with Gasteiger partial charge in [0.1, 0.15) is 5.92 Å². The number of anilines is 1. The molecule has 0 saturated heterocycles. The zero-order valence-electron chi connectivity index (χ0n) is 12.7. The molecule has 3 rings (SSSR count). The summed E-state index contributed by atoms with van der Waals surface area (Å²) in [6, 6.07) is 5.09. The molecule has 1 aromatic rings. The van der Waals surface area contributed by atoms with Crippen LogP contribution in [0.15, 0.2) is 18.2 Å². The SMILES string of the molecule is COC(=O)[C@@H]1[C@@H](C(=O)OC)[C@@H](O)c2cccc3c2[C@H]1CC(=O)N3. The summed E-state index contributed by atoms with van der Waals surface area (Å²) in [4.78, 5) is 36.4. The van der Waals surface area contributed by atoms with Crippen molar-refractivity contribution in [1.29, 1.82) is 0 Å². The lowest BCUT2D eigenvalue weighted by molar-refractivity contribution is -0.165. The Morgan fingerprint density at radius 2 is 1.83 bits per heavy atom. The molecule has 23 heavy (non-hydrogen) atoms. The van der Waals surface area contributed by atoms with Crippen molar-refractivity contribution in [2.45, 2.75) is 18.4 Å². The number of hydrogen-bond donors (Lipinski definition) is 2. The molecule has 0 fully saturated rings. The molecule has 1 heterocycles. The molecule has 2 aliphatic rings. The van der Waals surface area contributed by atoms with Crippen LogP contribution in [-0.2, 0) is 23.9 Å². The molecule has 0 spiro atoms. The van der Waals surface area contributed by atoms with Crippen LogP contribution in [0.2, 0.25) is 0 Å². The molecule has 0 bridgehead atoms. The van der Waals surface area contributed by atoms with Gasteiger partial charge in [-0.25, -0.2) is 0 Å². The van der Waals surface area contributed by atoms with Crippen molar-refractivity contribution >= 4 is 23.5 Å². The van der Waals surface area contributed by atoms with Gasteiger partial charge >= 0.3 is 11.9 Å². The lowest BCUT2D eigenvalue weighted by Crippen LogP contribution is -2.45. The third-order valence-electron chi connectivity index (χ3n) is 4.62. The number of hydrogen-bond acceptors (Lipinski definition) is 6. The Kier molecular flexibility index (Phi) is 3.81. The molecule has 0 aromatic heterocycles. The fourth-order valence-corrected chi connectivity index (χ4v) is 3.67. The number of esters is 2. The summed E-state index contributed by atoms with van der Waals surface area (Å²) in [6.45, 7) is 0. The lowest BCUT2D eigenvalue weighted by Gasteiger charge is -2.42. The highest BCUT2D eigenvalue weighted by Gasteiger charge is 2.52. The monoisotopic (exact) mass is 319 g/mol. The topological polar surface area (TPSA) is 102 Å². The van der Waals surface area contributed by atoms with Crippen LogP contribution in [0.5, 0.6) is 0 Å². The average Bonchev–Trinajstić information content (AvgIpc) is 2.55. The van der Waals surface area contributed by atoms with Gasteiger partial charge in [-0.2, -0.15) is 0 Å². The van der Waals surface area contributed by atoms with Gasteiger partial charge in [0.25, 0.3) is 0 Å². The number of rotatable bonds is 2. The molecular formula is C16H17NO6. The Hall–Kier alpha value is -2.41. The Morgan fingerprint density at radius 1 is 1.17 bits per heavy atom. The van der Waals surface area contributed by atoms with Crippen LogP contribution in [0.25, 0.3) is 0 Å². The lowest BCUT2D eigenvalue weighted by atomic mass is 9.64. The fourth-order valence-electron chi connectivity index (χ4n) is 3.67. The van der Waals surface area contributed by atoms with Crippen LogP contribution >= 0.6 is 0 Å². The normalized spacial score (nSPS) is 28.4. The summed E-state index contributed by atoms with van der Waals surface area (Å²) in [6.07, 6.45) is -1.16. The Balaban J connectivity index is 2.21. The summed E-state index contributed by atoms with van der Waals surface area (Å²) < 4.78 is 9.58. The van der Waals surface area contributed by atoms with Crippen molar-refractivity contribution in [2.24, 2.45) is 11.8 Å². The van der Waals surface area contributed by atoms with Crippen molar-refractivity contribution in [3.05, 3.63) is 29.3 Å². The van der Waals surface area contributed by atoms with E-state index in [0.717, 1.165) is 0 Å². The number of nitrogens with one attached hydrogen (secondary N) is 1. The van der Waals surface area contributed by atoms with Gasteiger partial charge in [0, 0.05) is 18.0 Å². The molecule has 4 atom stereocenters. The highest BCUT2D eigenvalue weighted by Crippen LogP contribution is 2.51. The first-order valence-corrected chi connectivity index (χ1v) is 7.26. The predicted octanol–water partition coefficient (Wildman–Crippen LogP) is 0.738. The first kappa shape index (κ1) is 15.5. The highest BCUT2D eigenvalue weighted by atomic mass is 16.5. The Bertz CT molecular complexity index is 685. The number of benzene rings is 1. The molecule has 1 aromatic carbocycles. The van der Waals surface area contributed by atoms with Gasteiger partial charge in [-0.05, 0) is 17.2 Å². The van der Waals surface area contributed by atoms with E-state index in [-0.39, 0.29) is 12.3 Å². The maximum Gasteiger partial charge on any atom is 0.312 e. The molecule has 0 unspecified atom stereocenters. The number of aliphatic hydroxyl groups excluding tert-OH is 1. The number of methoxy groups -OCH3 is 2. The van der Waals surface area contributed by atoms with Crippen LogP contribution in [0, 0.1) is 11.8 Å². The second kappa shape index (κ2) is 5.66. The number of carbonyl (C=O) groups excluding carboxylic acids is 3. The van der Waals surface area contributed by atoms with Gasteiger partial charge in [0.05, 0.1) is 26.2 Å². The van der Waals surface area contributed by atoms with Crippen LogP contribution in [0.3, 0.4) is 0 Å².